The van der Waals surface area contributed by atoms with E-state index >= 15 is 0 Å². The summed E-state index contributed by atoms with van der Waals surface area (Å²) >= 11 is 0. The standard InChI is InChI=1S/C29H36N2O3/c1-20(26-12-5-8-22-7-2-3-11-27(22)26)31-25-10-4-9-24(19-25)21-14-16-23(17-15-21)29(34)30-18-6-13-28(32)33/h2-3,5,7-8,11-12,14,16-17,20-21,24-25,31H,4,6,9-10,13,15,18-19H2,1H3,(H,30,34)(H,32,33)/t20?,21?,24-,25?/m0/s1. The third-order valence-electron chi connectivity index (χ3n) is 7.34. The average Bonchev–Trinajstić information content (AvgIpc) is 2.86. The van der Waals surface area contributed by atoms with Crippen molar-refractivity contribution in [1.29, 1.82) is 0 Å². The van der Waals surface area contributed by atoms with Crippen LogP contribution in [0.25, 0.3) is 10.8 Å². The van der Waals surface area contributed by atoms with Crippen LogP contribution in [0.4, 0.5) is 0 Å². The van der Waals surface area contributed by atoms with Crippen molar-refractivity contribution < 1.29 is 14.7 Å². The van der Waals surface area contributed by atoms with Gasteiger partial charge in [0.2, 0.25) is 0 Å². The lowest BCUT2D eigenvalue weighted by molar-refractivity contribution is -0.137. The van der Waals surface area contributed by atoms with Crippen LogP contribution in [-0.2, 0) is 9.59 Å². The minimum atomic E-state index is -0.833. The zero-order chi connectivity index (χ0) is 23.9. The summed E-state index contributed by atoms with van der Waals surface area (Å²) < 4.78 is 0. The molecule has 2 aliphatic rings. The van der Waals surface area contributed by atoms with E-state index in [-0.39, 0.29) is 12.3 Å². The molecule has 0 spiro atoms. The Hall–Kier alpha value is -2.92. The van der Waals surface area contributed by atoms with Crippen molar-refractivity contribution in [2.45, 2.75) is 64.0 Å². The van der Waals surface area contributed by atoms with Crippen molar-refractivity contribution in [1.82, 2.24) is 10.6 Å². The highest BCUT2D eigenvalue weighted by atomic mass is 16.4. The van der Waals surface area contributed by atoms with Crippen molar-refractivity contribution in [2.24, 2.45) is 11.8 Å². The molecular weight excluding hydrogens is 424 g/mol. The zero-order valence-electron chi connectivity index (χ0n) is 20.0. The van der Waals surface area contributed by atoms with Crippen LogP contribution >= 0.6 is 0 Å². The summed E-state index contributed by atoms with van der Waals surface area (Å²) in [5.74, 6) is 0.160. The molecular formula is C29H36N2O3. The van der Waals surface area contributed by atoms with Gasteiger partial charge in [-0.2, -0.15) is 0 Å². The van der Waals surface area contributed by atoms with Gasteiger partial charge in [0.05, 0.1) is 0 Å². The first-order valence-corrected chi connectivity index (χ1v) is 12.6. The van der Waals surface area contributed by atoms with E-state index in [9.17, 15) is 9.59 Å². The molecule has 3 N–H and O–H groups in total. The van der Waals surface area contributed by atoms with Gasteiger partial charge in [0.15, 0.2) is 0 Å². The lowest BCUT2D eigenvalue weighted by Crippen LogP contribution is -2.37. The molecule has 2 aliphatic carbocycles. The summed E-state index contributed by atoms with van der Waals surface area (Å²) in [6, 6.07) is 16.0. The van der Waals surface area contributed by atoms with Gasteiger partial charge in [-0.25, -0.2) is 0 Å². The Kier molecular flexibility index (Phi) is 8.17. The van der Waals surface area contributed by atoms with E-state index in [2.05, 4.69) is 66.1 Å². The first kappa shape index (κ1) is 24.2. The second-order valence-electron chi connectivity index (χ2n) is 9.75. The number of hydrogen-bond donors (Lipinski definition) is 3. The minimum Gasteiger partial charge on any atom is -0.481 e. The number of nitrogens with one attached hydrogen (secondary N) is 2. The fourth-order valence-electron chi connectivity index (χ4n) is 5.54. The van der Waals surface area contributed by atoms with Crippen molar-refractivity contribution in [2.75, 3.05) is 6.54 Å². The number of carboxylic acid groups (broad SMARTS) is 1. The Balaban J connectivity index is 1.29. The molecule has 34 heavy (non-hydrogen) atoms. The van der Waals surface area contributed by atoms with E-state index < -0.39 is 5.97 Å². The van der Waals surface area contributed by atoms with Gasteiger partial charge < -0.3 is 15.7 Å². The maximum absolute atomic E-state index is 12.3. The van der Waals surface area contributed by atoms with Gasteiger partial charge in [-0.05, 0) is 67.2 Å². The van der Waals surface area contributed by atoms with Gasteiger partial charge in [-0.15, -0.1) is 0 Å². The van der Waals surface area contributed by atoms with E-state index in [0.29, 0.717) is 42.5 Å². The van der Waals surface area contributed by atoms with E-state index in [0.717, 1.165) is 12.8 Å². The summed E-state index contributed by atoms with van der Waals surface area (Å²) in [6.07, 6.45) is 12.5. The number of benzene rings is 2. The second-order valence-corrected chi connectivity index (χ2v) is 9.75. The largest absolute Gasteiger partial charge is 0.481 e. The van der Waals surface area contributed by atoms with Gasteiger partial charge in [-0.1, -0.05) is 67.1 Å². The fraction of sp³-hybridized carbons (Fsp3) is 0.448. The molecule has 1 amide bonds. The number of amides is 1. The fourth-order valence-corrected chi connectivity index (χ4v) is 5.54. The number of carboxylic acids is 1. The SMILES string of the molecule is CC(NC1CCC[C@H](C2C=CC(C(=O)NCCCC(=O)O)=CC2)C1)c1cccc2ccccc12. The van der Waals surface area contributed by atoms with Crippen molar-refractivity contribution in [3.8, 4) is 0 Å². The molecule has 0 bridgehead atoms. The van der Waals surface area contributed by atoms with E-state index in [4.69, 9.17) is 5.11 Å². The quantitative estimate of drug-likeness (QED) is 0.430. The number of fused-ring (bicyclic) bond motifs is 1. The monoisotopic (exact) mass is 460 g/mol. The smallest absolute Gasteiger partial charge is 0.303 e. The molecule has 0 heterocycles. The molecule has 180 valence electrons. The Morgan fingerprint density at radius 1 is 1.12 bits per heavy atom. The number of rotatable bonds is 9. The molecule has 1 saturated carbocycles. The molecule has 4 rings (SSSR count). The molecule has 2 aromatic carbocycles. The van der Waals surface area contributed by atoms with Gasteiger partial charge in [0.1, 0.15) is 0 Å². The number of hydrogen-bond acceptors (Lipinski definition) is 3. The number of aliphatic carboxylic acids is 1. The predicted octanol–water partition coefficient (Wildman–Crippen LogP) is 5.53. The Labute approximate surface area is 202 Å². The van der Waals surface area contributed by atoms with Crippen LogP contribution in [0.1, 0.15) is 63.5 Å². The van der Waals surface area contributed by atoms with E-state index in [1.165, 1.54) is 35.6 Å². The summed E-state index contributed by atoms with van der Waals surface area (Å²) in [6.45, 7) is 2.67. The summed E-state index contributed by atoms with van der Waals surface area (Å²) in [7, 11) is 0. The van der Waals surface area contributed by atoms with Crippen LogP contribution in [0, 0.1) is 11.8 Å². The van der Waals surface area contributed by atoms with Crippen LogP contribution in [0.3, 0.4) is 0 Å². The summed E-state index contributed by atoms with van der Waals surface area (Å²) in [5.41, 5.74) is 2.06. The molecule has 1 fully saturated rings. The Morgan fingerprint density at radius 2 is 1.94 bits per heavy atom. The second kappa shape index (κ2) is 11.5. The molecule has 5 nitrogen and oxygen atoms in total. The van der Waals surface area contributed by atoms with Crippen LogP contribution in [-0.4, -0.2) is 29.6 Å². The molecule has 5 heteroatoms. The van der Waals surface area contributed by atoms with Crippen molar-refractivity contribution in [3.05, 3.63) is 71.8 Å². The number of carbonyl (C=O) groups is 2. The van der Waals surface area contributed by atoms with Gasteiger partial charge >= 0.3 is 5.97 Å². The number of carbonyl (C=O) groups excluding carboxylic acids is 1. The zero-order valence-corrected chi connectivity index (χ0v) is 20.0. The maximum atomic E-state index is 12.3. The average molecular weight is 461 g/mol. The molecule has 0 saturated heterocycles. The van der Waals surface area contributed by atoms with Gasteiger partial charge in [-0.3, -0.25) is 9.59 Å². The van der Waals surface area contributed by atoms with Crippen LogP contribution < -0.4 is 10.6 Å². The molecule has 0 aliphatic heterocycles. The van der Waals surface area contributed by atoms with Crippen LogP contribution in [0.5, 0.6) is 0 Å². The Morgan fingerprint density at radius 3 is 2.74 bits per heavy atom. The van der Waals surface area contributed by atoms with Gasteiger partial charge in [0.25, 0.3) is 5.91 Å². The van der Waals surface area contributed by atoms with Crippen LogP contribution in [0.15, 0.2) is 66.3 Å². The highest BCUT2D eigenvalue weighted by Crippen LogP contribution is 2.36. The summed E-state index contributed by atoms with van der Waals surface area (Å²) in [5, 5.41) is 18.1. The maximum Gasteiger partial charge on any atom is 0.303 e. The first-order chi connectivity index (χ1) is 16.5. The van der Waals surface area contributed by atoms with E-state index in [1.54, 1.807) is 0 Å². The molecule has 0 aromatic heterocycles. The summed E-state index contributed by atoms with van der Waals surface area (Å²) in [4.78, 5) is 22.9. The Bertz CT molecular complexity index is 1070. The number of allylic oxidation sites excluding steroid dienone is 2. The molecule has 2 aromatic rings. The molecule has 4 atom stereocenters. The third kappa shape index (κ3) is 6.15. The predicted molar refractivity (Wildman–Crippen MR) is 136 cm³/mol. The van der Waals surface area contributed by atoms with Crippen molar-refractivity contribution in [3.63, 3.8) is 0 Å². The first-order valence-electron chi connectivity index (χ1n) is 12.6. The lowest BCUT2D eigenvalue weighted by Gasteiger charge is -2.36. The highest BCUT2D eigenvalue weighted by Gasteiger charge is 2.29. The lowest BCUT2D eigenvalue weighted by atomic mass is 9.74. The van der Waals surface area contributed by atoms with E-state index in [1.807, 2.05) is 12.2 Å². The molecule has 0 radical (unpaired) electrons. The van der Waals surface area contributed by atoms with Crippen molar-refractivity contribution >= 4 is 22.6 Å². The topological polar surface area (TPSA) is 78.4 Å². The highest BCUT2D eigenvalue weighted by molar-refractivity contribution is 5.96. The molecule has 3 unspecified atom stereocenters. The normalized spacial score (nSPS) is 23.3. The van der Waals surface area contributed by atoms with Gasteiger partial charge in [0, 0.05) is 30.6 Å². The third-order valence-corrected chi connectivity index (χ3v) is 7.34. The minimum absolute atomic E-state index is 0.0766. The van der Waals surface area contributed by atoms with Crippen LogP contribution in [0.2, 0.25) is 0 Å².